The molecule has 0 saturated carbocycles. The van der Waals surface area contributed by atoms with E-state index >= 15 is 0 Å². The van der Waals surface area contributed by atoms with Crippen molar-refractivity contribution in [2.45, 2.75) is 20.8 Å². The normalized spacial score (nSPS) is 10.4. The second kappa shape index (κ2) is 7.24. The van der Waals surface area contributed by atoms with Gasteiger partial charge in [-0.05, 0) is 45.0 Å². The molecule has 3 aromatic rings. The van der Waals surface area contributed by atoms with Crippen LogP contribution in [0.3, 0.4) is 0 Å². The highest BCUT2D eigenvalue weighted by molar-refractivity contribution is 5.97. The average Bonchev–Trinajstić information content (AvgIpc) is 3.00. The zero-order valence-electron chi connectivity index (χ0n) is 15.0. The maximum Gasteiger partial charge on any atom is 0.342 e. The van der Waals surface area contributed by atoms with Gasteiger partial charge in [0.25, 0.3) is 0 Å². The molecular weight excluding hydrogens is 326 g/mol. The predicted molar refractivity (Wildman–Crippen MR) is 99.1 cm³/mol. The smallest absolute Gasteiger partial charge is 0.342 e. The molecule has 3 rings (SSSR count). The molecule has 130 valence electrons. The summed E-state index contributed by atoms with van der Waals surface area (Å²) in [6.07, 6.45) is 0. The SMILES string of the molecule is CCOC(=O)c1c(-c2ccc(C#N)cc2)nn(-c2ccc(C)cc2)c1C. The van der Waals surface area contributed by atoms with Crippen molar-refractivity contribution in [2.24, 2.45) is 0 Å². The van der Waals surface area contributed by atoms with Gasteiger partial charge in [-0.1, -0.05) is 29.8 Å². The molecule has 2 aromatic carbocycles. The first-order valence-electron chi connectivity index (χ1n) is 8.39. The lowest BCUT2D eigenvalue weighted by Gasteiger charge is -2.05. The second-order valence-electron chi connectivity index (χ2n) is 5.97. The van der Waals surface area contributed by atoms with E-state index in [9.17, 15) is 4.79 Å². The summed E-state index contributed by atoms with van der Waals surface area (Å²) in [5.74, 6) is -0.400. The van der Waals surface area contributed by atoms with Crippen molar-refractivity contribution in [1.82, 2.24) is 9.78 Å². The van der Waals surface area contributed by atoms with Crippen molar-refractivity contribution < 1.29 is 9.53 Å². The molecule has 0 fully saturated rings. The van der Waals surface area contributed by atoms with E-state index < -0.39 is 5.97 Å². The van der Waals surface area contributed by atoms with Crippen LogP contribution in [0, 0.1) is 25.2 Å². The summed E-state index contributed by atoms with van der Waals surface area (Å²) in [6, 6.07) is 17.0. The van der Waals surface area contributed by atoms with Gasteiger partial charge in [0, 0.05) is 5.56 Å². The van der Waals surface area contributed by atoms with E-state index in [-0.39, 0.29) is 0 Å². The van der Waals surface area contributed by atoms with Crippen LogP contribution in [0.2, 0.25) is 0 Å². The maximum absolute atomic E-state index is 12.6. The van der Waals surface area contributed by atoms with Gasteiger partial charge < -0.3 is 4.74 Å². The lowest BCUT2D eigenvalue weighted by atomic mass is 10.0. The third-order valence-corrected chi connectivity index (χ3v) is 4.16. The number of aromatic nitrogens is 2. The molecule has 0 amide bonds. The molecule has 5 heteroatoms. The Morgan fingerprint density at radius 3 is 2.35 bits per heavy atom. The summed E-state index contributed by atoms with van der Waals surface area (Å²) < 4.78 is 6.99. The van der Waals surface area contributed by atoms with E-state index in [0.717, 1.165) is 16.8 Å². The number of benzene rings is 2. The van der Waals surface area contributed by atoms with Crippen molar-refractivity contribution in [3.8, 4) is 23.0 Å². The van der Waals surface area contributed by atoms with Gasteiger partial charge in [0.2, 0.25) is 0 Å². The Bertz CT molecular complexity index is 978. The van der Waals surface area contributed by atoms with E-state index in [4.69, 9.17) is 10.00 Å². The first-order valence-corrected chi connectivity index (χ1v) is 8.39. The van der Waals surface area contributed by atoms with Crippen molar-refractivity contribution in [3.63, 3.8) is 0 Å². The highest BCUT2D eigenvalue weighted by atomic mass is 16.5. The minimum absolute atomic E-state index is 0.292. The Hall–Kier alpha value is -3.39. The standard InChI is InChI=1S/C21H19N3O2/c1-4-26-21(25)19-15(3)24(18-11-5-14(2)6-12-18)23-20(19)17-9-7-16(13-22)8-10-17/h5-12H,4H2,1-3H3. The average molecular weight is 345 g/mol. The van der Waals surface area contributed by atoms with Gasteiger partial charge in [-0.25, -0.2) is 9.48 Å². The second-order valence-corrected chi connectivity index (χ2v) is 5.97. The summed E-state index contributed by atoms with van der Waals surface area (Å²) >= 11 is 0. The molecule has 0 unspecified atom stereocenters. The van der Waals surface area contributed by atoms with E-state index in [1.54, 1.807) is 35.9 Å². The van der Waals surface area contributed by atoms with Crippen LogP contribution < -0.4 is 0 Å². The third-order valence-electron chi connectivity index (χ3n) is 4.16. The predicted octanol–water partition coefficient (Wildman–Crippen LogP) is 4.20. The monoisotopic (exact) mass is 345 g/mol. The highest BCUT2D eigenvalue weighted by Crippen LogP contribution is 2.28. The number of carbonyl (C=O) groups is 1. The van der Waals surface area contributed by atoms with Crippen LogP contribution in [0.4, 0.5) is 0 Å². The van der Waals surface area contributed by atoms with E-state index in [1.165, 1.54) is 0 Å². The van der Waals surface area contributed by atoms with Crippen LogP contribution in [-0.2, 0) is 4.74 Å². The summed E-state index contributed by atoms with van der Waals surface area (Å²) in [5.41, 5.74) is 5.05. The summed E-state index contributed by atoms with van der Waals surface area (Å²) in [4.78, 5) is 12.6. The van der Waals surface area contributed by atoms with Gasteiger partial charge in [0.05, 0.1) is 29.6 Å². The molecule has 0 N–H and O–H groups in total. The van der Waals surface area contributed by atoms with E-state index in [2.05, 4.69) is 11.2 Å². The maximum atomic E-state index is 12.6. The number of aryl methyl sites for hydroxylation is 1. The van der Waals surface area contributed by atoms with Crippen LogP contribution >= 0.6 is 0 Å². The lowest BCUT2D eigenvalue weighted by Crippen LogP contribution is -2.07. The largest absolute Gasteiger partial charge is 0.462 e. The molecule has 5 nitrogen and oxygen atoms in total. The number of hydrogen-bond acceptors (Lipinski definition) is 4. The van der Waals surface area contributed by atoms with Crippen LogP contribution in [0.5, 0.6) is 0 Å². The topological polar surface area (TPSA) is 67.9 Å². The quantitative estimate of drug-likeness (QED) is 0.665. The first-order chi connectivity index (χ1) is 12.5. The minimum atomic E-state index is -0.400. The van der Waals surface area contributed by atoms with Crippen molar-refractivity contribution in [1.29, 1.82) is 5.26 Å². The molecule has 0 spiro atoms. The minimum Gasteiger partial charge on any atom is -0.462 e. The summed E-state index contributed by atoms with van der Waals surface area (Å²) in [5, 5.41) is 13.7. The molecule has 0 atom stereocenters. The molecule has 0 aliphatic rings. The van der Waals surface area contributed by atoms with Crippen LogP contribution in [0.25, 0.3) is 16.9 Å². The first kappa shape index (κ1) is 17.4. The Morgan fingerprint density at radius 2 is 1.77 bits per heavy atom. The van der Waals surface area contributed by atoms with Gasteiger partial charge >= 0.3 is 5.97 Å². The molecule has 1 aromatic heterocycles. The molecule has 0 aliphatic carbocycles. The molecule has 26 heavy (non-hydrogen) atoms. The lowest BCUT2D eigenvalue weighted by molar-refractivity contribution is 0.0526. The van der Waals surface area contributed by atoms with Crippen LogP contribution in [0.15, 0.2) is 48.5 Å². The number of nitrogens with zero attached hydrogens (tertiary/aromatic N) is 3. The van der Waals surface area contributed by atoms with Gasteiger partial charge in [-0.15, -0.1) is 0 Å². The van der Waals surface area contributed by atoms with Crippen LogP contribution in [-0.4, -0.2) is 22.4 Å². The van der Waals surface area contributed by atoms with Crippen molar-refractivity contribution in [2.75, 3.05) is 6.61 Å². The number of nitriles is 1. The molecular formula is C21H19N3O2. The summed E-state index contributed by atoms with van der Waals surface area (Å²) in [6.45, 7) is 5.94. The number of ether oxygens (including phenoxy) is 1. The molecule has 0 aliphatic heterocycles. The Morgan fingerprint density at radius 1 is 1.12 bits per heavy atom. The van der Waals surface area contributed by atoms with Crippen molar-refractivity contribution in [3.05, 3.63) is 70.9 Å². The van der Waals surface area contributed by atoms with Gasteiger partial charge in [0.1, 0.15) is 11.3 Å². The summed E-state index contributed by atoms with van der Waals surface area (Å²) in [7, 11) is 0. The zero-order valence-corrected chi connectivity index (χ0v) is 15.0. The Kier molecular flexibility index (Phi) is 4.85. The molecule has 0 saturated heterocycles. The number of hydrogen-bond donors (Lipinski definition) is 0. The highest BCUT2D eigenvalue weighted by Gasteiger charge is 2.24. The van der Waals surface area contributed by atoms with Gasteiger partial charge in [-0.2, -0.15) is 10.4 Å². The number of rotatable bonds is 4. The van der Waals surface area contributed by atoms with Crippen LogP contribution in [0.1, 0.15) is 34.1 Å². The van der Waals surface area contributed by atoms with Crippen molar-refractivity contribution >= 4 is 5.97 Å². The van der Waals surface area contributed by atoms with Gasteiger partial charge in [0.15, 0.2) is 0 Å². The molecule has 1 heterocycles. The number of esters is 1. The fourth-order valence-electron chi connectivity index (χ4n) is 2.79. The molecule has 0 radical (unpaired) electrons. The number of carbonyl (C=O) groups excluding carboxylic acids is 1. The van der Waals surface area contributed by atoms with Gasteiger partial charge in [-0.3, -0.25) is 0 Å². The van der Waals surface area contributed by atoms with E-state index in [0.29, 0.717) is 29.1 Å². The fourth-order valence-corrected chi connectivity index (χ4v) is 2.79. The van der Waals surface area contributed by atoms with E-state index in [1.807, 2.05) is 38.1 Å². The third kappa shape index (κ3) is 3.22. The Balaban J connectivity index is 2.18. The molecule has 0 bridgehead atoms. The Labute approximate surface area is 152 Å². The zero-order chi connectivity index (χ0) is 18.7. The fraction of sp³-hybridized carbons (Fsp3) is 0.190.